The lowest BCUT2D eigenvalue weighted by Crippen LogP contribution is -2.14. The van der Waals surface area contributed by atoms with E-state index in [1.54, 1.807) is 12.2 Å². The number of allylic oxidation sites excluding steroid dienone is 4. The van der Waals surface area contributed by atoms with Gasteiger partial charge in [0.05, 0.1) is 5.92 Å². The van der Waals surface area contributed by atoms with E-state index in [4.69, 9.17) is 5.73 Å². The van der Waals surface area contributed by atoms with Gasteiger partial charge in [-0.1, -0.05) is 36.4 Å². The lowest BCUT2D eigenvalue weighted by molar-refractivity contribution is 0.566. The molecule has 0 radical (unpaired) electrons. The molecule has 1 aliphatic carbocycles. The Balaban J connectivity index is 2.48. The van der Waals surface area contributed by atoms with E-state index in [1.807, 2.05) is 42.3 Å². The minimum Gasteiger partial charge on any atom is -0.401 e. The Morgan fingerprint density at radius 3 is 2.60 bits per heavy atom. The van der Waals surface area contributed by atoms with Crippen LogP contribution in [0.25, 0.3) is 0 Å². The quantitative estimate of drug-likeness (QED) is 0.699. The lowest BCUT2D eigenvalue weighted by atomic mass is 9.86. The molecule has 0 fully saturated rings. The van der Waals surface area contributed by atoms with Gasteiger partial charge in [0.25, 0.3) is 0 Å². The molecule has 0 aliphatic heterocycles. The molecule has 2 heteroatoms. The Labute approximate surface area is 88.4 Å². The van der Waals surface area contributed by atoms with Gasteiger partial charge in [0, 0.05) is 11.3 Å². The van der Waals surface area contributed by atoms with E-state index < -0.39 is 0 Å². The van der Waals surface area contributed by atoms with Crippen LogP contribution in [0, 0.1) is 0 Å². The minimum absolute atomic E-state index is 0.145. The summed E-state index contributed by atoms with van der Waals surface area (Å²) in [4.78, 5) is 10.8. The van der Waals surface area contributed by atoms with E-state index in [-0.39, 0.29) is 5.92 Å². The van der Waals surface area contributed by atoms with Gasteiger partial charge >= 0.3 is 0 Å². The van der Waals surface area contributed by atoms with Gasteiger partial charge < -0.3 is 5.73 Å². The maximum Gasteiger partial charge on any atom is 0.129 e. The fourth-order valence-corrected chi connectivity index (χ4v) is 1.75. The standard InChI is InChI=1S/C13H11NO/c14-12-8-4-7-11(9-15)13(12)10-5-2-1-3-6-10/h1-8,13H,14H2. The summed E-state index contributed by atoms with van der Waals surface area (Å²) < 4.78 is 0. The van der Waals surface area contributed by atoms with Crippen molar-refractivity contribution >= 4 is 5.94 Å². The zero-order chi connectivity index (χ0) is 10.7. The molecule has 0 heterocycles. The second kappa shape index (κ2) is 3.99. The van der Waals surface area contributed by atoms with Crippen LogP contribution in [0.5, 0.6) is 0 Å². The average Bonchev–Trinajstić information content (AvgIpc) is 2.29. The van der Waals surface area contributed by atoms with Gasteiger partial charge in [-0.15, -0.1) is 0 Å². The Kier molecular flexibility index (Phi) is 2.53. The average molecular weight is 197 g/mol. The first-order chi connectivity index (χ1) is 7.33. The monoisotopic (exact) mass is 197 g/mol. The van der Waals surface area contributed by atoms with Crippen LogP contribution in [-0.2, 0) is 4.79 Å². The summed E-state index contributed by atoms with van der Waals surface area (Å²) in [6, 6.07) is 9.73. The fraction of sp³-hybridized carbons (Fsp3) is 0.0769. The maximum atomic E-state index is 10.8. The van der Waals surface area contributed by atoms with E-state index >= 15 is 0 Å². The number of hydrogen-bond donors (Lipinski definition) is 1. The van der Waals surface area contributed by atoms with E-state index in [9.17, 15) is 4.79 Å². The molecule has 0 saturated heterocycles. The first-order valence-corrected chi connectivity index (χ1v) is 4.76. The third-order valence-electron chi connectivity index (χ3n) is 2.46. The summed E-state index contributed by atoms with van der Waals surface area (Å²) in [6.07, 6.45) is 5.34. The molecule has 1 atom stereocenters. The molecule has 2 nitrogen and oxygen atoms in total. The first kappa shape index (κ1) is 9.50. The van der Waals surface area contributed by atoms with Crippen molar-refractivity contribution in [3.05, 3.63) is 65.4 Å². The predicted octanol–water partition coefficient (Wildman–Crippen LogP) is 1.94. The Bertz CT molecular complexity index is 465. The molecule has 0 amide bonds. The highest BCUT2D eigenvalue weighted by atomic mass is 16.1. The van der Waals surface area contributed by atoms with Crippen molar-refractivity contribution in [2.45, 2.75) is 5.92 Å². The molecule has 0 saturated carbocycles. The van der Waals surface area contributed by atoms with Crippen molar-refractivity contribution < 1.29 is 4.79 Å². The summed E-state index contributed by atoms with van der Waals surface area (Å²) in [7, 11) is 0. The van der Waals surface area contributed by atoms with Crippen LogP contribution < -0.4 is 5.73 Å². The molecule has 1 aromatic carbocycles. The third kappa shape index (κ3) is 1.76. The van der Waals surface area contributed by atoms with Gasteiger partial charge in [-0.25, -0.2) is 4.79 Å². The highest BCUT2D eigenvalue weighted by Crippen LogP contribution is 2.30. The maximum absolute atomic E-state index is 10.8. The molecule has 1 unspecified atom stereocenters. The SMILES string of the molecule is NC1=CC=CC(=C=O)C1c1ccccc1. The van der Waals surface area contributed by atoms with E-state index in [0.29, 0.717) is 11.3 Å². The largest absolute Gasteiger partial charge is 0.401 e. The second-order valence-corrected chi connectivity index (χ2v) is 3.43. The number of benzene rings is 1. The van der Waals surface area contributed by atoms with Crippen LogP contribution in [0.4, 0.5) is 0 Å². The Morgan fingerprint density at radius 1 is 1.20 bits per heavy atom. The lowest BCUT2D eigenvalue weighted by Gasteiger charge is -2.19. The molecule has 0 aromatic heterocycles. The van der Waals surface area contributed by atoms with E-state index in [0.717, 1.165) is 5.56 Å². The van der Waals surface area contributed by atoms with E-state index in [2.05, 4.69) is 0 Å². The minimum atomic E-state index is -0.145. The zero-order valence-corrected chi connectivity index (χ0v) is 8.18. The van der Waals surface area contributed by atoms with E-state index in [1.165, 1.54) is 0 Å². The molecule has 2 N–H and O–H groups in total. The van der Waals surface area contributed by atoms with Gasteiger partial charge in [0.1, 0.15) is 5.94 Å². The van der Waals surface area contributed by atoms with Crippen LogP contribution in [0.2, 0.25) is 0 Å². The molecule has 2 rings (SSSR count). The second-order valence-electron chi connectivity index (χ2n) is 3.43. The molecule has 1 aromatic rings. The summed E-state index contributed by atoms with van der Waals surface area (Å²) in [5.41, 5.74) is 8.18. The molecule has 1 aliphatic rings. The highest BCUT2D eigenvalue weighted by Gasteiger charge is 2.20. The number of hydrogen-bond acceptors (Lipinski definition) is 2. The predicted molar refractivity (Wildman–Crippen MR) is 59.8 cm³/mol. The summed E-state index contributed by atoms with van der Waals surface area (Å²) in [5, 5.41) is 0. The van der Waals surface area contributed by atoms with Gasteiger partial charge in [-0.2, -0.15) is 0 Å². The number of rotatable bonds is 1. The third-order valence-corrected chi connectivity index (χ3v) is 2.46. The van der Waals surface area contributed by atoms with Crippen molar-refractivity contribution in [1.82, 2.24) is 0 Å². The highest BCUT2D eigenvalue weighted by molar-refractivity contribution is 5.65. The molecular formula is C13H11NO. The van der Waals surface area contributed by atoms with Crippen LogP contribution in [-0.4, -0.2) is 5.94 Å². The summed E-state index contributed by atoms with van der Waals surface area (Å²) in [5.74, 6) is 1.80. The first-order valence-electron chi connectivity index (χ1n) is 4.76. The van der Waals surface area contributed by atoms with Gasteiger partial charge in [-0.05, 0) is 17.7 Å². The van der Waals surface area contributed by atoms with Crippen LogP contribution in [0.3, 0.4) is 0 Å². The number of nitrogens with two attached hydrogens (primary N) is 1. The molecule has 15 heavy (non-hydrogen) atoms. The van der Waals surface area contributed by atoms with Crippen molar-refractivity contribution in [1.29, 1.82) is 0 Å². The Morgan fingerprint density at radius 2 is 1.93 bits per heavy atom. The van der Waals surface area contributed by atoms with Crippen molar-refractivity contribution in [3.63, 3.8) is 0 Å². The van der Waals surface area contributed by atoms with Crippen LogP contribution in [0.1, 0.15) is 11.5 Å². The zero-order valence-electron chi connectivity index (χ0n) is 8.18. The summed E-state index contributed by atoms with van der Waals surface area (Å²) in [6.45, 7) is 0. The van der Waals surface area contributed by atoms with Gasteiger partial charge in [0.15, 0.2) is 0 Å². The topological polar surface area (TPSA) is 43.1 Å². The molecule has 0 bridgehead atoms. The molecule has 74 valence electrons. The smallest absolute Gasteiger partial charge is 0.129 e. The van der Waals surface area contributed by atoms with Gasteiger partial charge in [-0.3, -0.25) is 0 Å². The van der Waals surface area contributed by atoms with Crippen LogP contribution >= 0.6 is 0 Å². The van der Waals surface area contributed by atoms with Crippen molar-refractivity contribution in [3.8, 4) is 0 Å². The number of carbonyl (C=O) groups excluding carboxylic acids is 1. The molecule has 0 spiro atoms. The molecular weight excluding hydrogens is 186 g/mol. The van der Waals surface area contributed by atoms with Gasteiger partial charge in [0.2, 0.25) is 0 Å². The van der Waals surface area contributed by atoms with Crippen LogP contribution in [0.15, 0.2) is 59.8 Å². The Hall–Kier alpha value is -2.05. The normalized spacial score (nSPS) is 19.6. The fourth-order valence-electron chi connectivity index (χ4n) is 1.75. The van der Waals surface area contributed by atoms with Crippen molar-refractivity contribution in [2.75, 3.05) is 0 Å². The van der Waals surface area contributed by atoms with Crippen molar-refractivity contribution in [2.24, 2.45) is 5.73 Å². The summed E-state index contributed by atoms with van der Waals surface area (Å²) >= 11 is 0.